The quantitative estimate of drug-likeness (QED) is 0.725. The first-order valence-electron chi connectivity index (χ1n) is 8.52. The first-order valence-corrected chi connectivity index (χ1v) is 9.34. The van der Waals surface area contributed by atoms with E-state index in [1.807, 2.05) is 42.5 Å². The number of aromatic nitrogens is 1. The molecule has 2 aromatic carbocycles. The molecular weight excluding hydrogens is 350 g/mol. The van der Waals surface area contributed by atoms with E-state index in [-0.39, 0.29) is 6.03 Å². The molecule has 6 nitrogen and oxygen atoms in total. The van der Waals surface area contributed by atoms with Crippen LogP contribution in [-0.4, -0.2) is 30.8 Å². The number of nitrogens with zero attached hydrogens (tertiary/aromatic N) is 1. The van der Waals surface area contributed by atoms with Gasteiger partial charge in [0.2, 0.25) is 0 Å². The SMILES string of the molecule is O=C(NCCc1ccc2c(c1)OCCO2)NCc1nc2ccccc2s1. The average molecular weight is 369 g/mol. The third-order valence-electron chi connectivity index (χ3n) is 4.04. The Morgan fingerprint density at radius 1 is 1.08 bits per heavy atom. The number of hydrogen-bond acceptors (Lipinski definition) is 5. The van der Waals surface area contributed by atoms with Gasteiger partial charge in [0.25, 0.3) is 0 Å². The molecule has 0 unspecified atom stereocenters. The van der Waals surface area contributed by atoms with Gasteiger partial charge in [-0.05, 0) is 36.2 Å². The highest BCUT2D eigenvalue weighted by atomic mass is 32.1. The maximum atomic E-state index is 12.0. The fraction of sp³-hybridized carbons (Fsp3) is 0.263. The van der Waals surface area contributed by atoms with Crippen LogP contribution in [-0.2, 0) is 13.0 Å². The molecule has 0 fully saturated rings. The second kappa shape index (κ2) is 7.61. The number of nitrogens with one attached hydrogen (secondary N) is 2. The number of carbonyl (C=O) groups is 1. The monoisotopic (exact) mass is 369 g/mol. The maximum Gasteiger partial charge on any atom is 0.315 e. The smallest absolute Gasteiger partial charge is 0.315 e. The van der Waals surface area contributed by atoms with Crippen LogP contribution in [0.1, 0.15) is 10.6 Å². The largest absolute Gasteiger partial charge is 0.486 e. The zero-order valence-corrected chi connectivity index (χ0v) is 15.0. The third-order valence-corrected chi connectivity index (χ3v) is 5.08. The number of carbonyl (C=O) groups excluding carboxylic acids is 1. The summed E-state index contributed by atoms with van der Waals surface area (Å²) in [5.74, 6) is 1.55. The summed E-state index contributed by atoms with van der Waals surface area (Å²) < 4.78 is 12.2. The zero-order valence-electron chi connectivity index (χ0n) is 14.2. The van der Waals surface area contributed by atoms with Gasteiger partial charge < -0.3 is 20.1 Å². The van der Waals surface area contributed by atoms with Crippen molar-refractivity contribution in [3.05, 3.63) is 53.0 Å². The van der Waals surface area contributed by atoms with Crippen LogP contribution in [0.3, 0.4) is 0 Å². The molecule has 0 saturated carbocycles. The molecule has 2 N–H and O–H groups in total. The van der Waals surface area contributed by atoms with Gasteiger partial charge in [0.05, 0.1) is 16.8 Å². The van der Waals surface area contributed by atoms with Crippen LogP contribution >= 0.6 is 11.3 Å². The van der Waals surface area contributed by atoms with Crippen molar-refractivity contribution in [1.29, 1.82) is 0 Å². The molecule has 4 rings (SSSR count). The fourth-order valence-electron chi connectivity index (χ4n) is 2.78. The van der Waals surface area contributed by atoms with E-state index in [2.05, 4.69) is 15.6 Å². The van der Waals surface area contributed by atoms with Crippen LogP contribution < -0.4 is 20.1 Å². The number of thiazole rings is 1. The minimum atomic E-state index is -0.193. The molecule has 3 aromatic rings. The Bertz CT molecular complexity index is 892. The highest BCUT2D eigenvalue weighted by Crippen LogP contribution is 2.30. The van der Waals surface area contributed by atoms with Crippen LogP contribution in [0.2, 0.25) is 0 Å². The van der Waals surface area contributed by atoms with Gasteiger partial charge in [0, 0.05) is 6.54 Å². The Morgan fingerprint density at radius 3 is 2.81 bits per heavy atom. The van der Waals surface area contributed by atoms with Gasteiger partial charge in [-0.2, -0.15) is 0 Å². The number of ether oxygens (including phenoxy) is 2. The minimum absolute atomic E-state index is 0.193. The van der Waals surface area contributed by atoms with Crippen molar-refractivity contribution < 1.29 is 14.3 Å². The van der Waals surface area contributed by atoms with Crippen LogP contribution in [0, 0.1) is 0 Å². The molecule has 7 heteroatoms. The molecule has 26 heavy (non-hydrogen) atoms. The first-order chi connectivity index (χ1) is 12.8. The lowest BCUT2D eigenvalue weighted by molar-refractivity contribution is 0.171. The number of hydrogen-bond donors (Lipinski definition) is 2. The molecule has 1 aromatic heterocycles. The molecule has 0 radical (unpaired) electrons. The highest BCUT2D eigenvalue weighted by Gasteiger charge is 2.11. The molecule has 2 heterocycles. The number of para-hydroxylation sites is 1. The predicted molar refractivity (Wildman–Crippen MR) is 101 cm³/mol. The topological polar surface area (TPSA) is 72.5 Å². The van der Waals surface area contributed by atoms with Gasteiger partial charge in [0.15, 0.2) is 11.5 Å². The number of urea groups is 1. The maximum absolute atomic E-state index is 12.0. The predicted octanol–water partition coefficient (Wildman–Crippen LogP) is 3.11. The Morgan fingerprint density at radius 2 is 1.92 bits per heavy atom. The second-order valence-electron chi connectivity index (χ2n) is 5.91. The van der Waals surface area contributed by atoms with Crippen molar-refractivity contribution >= 4 is 27.6 Å². The number of amides is 2. The van der Waals surface area contributed by atoms with Gasteiger partial charge in [-0.25, -0.2) is 9.78 Å². The summed E-state index contributed by atoms with van der Waals surface area (Å²) in [6.45, 7) is 2.13. The van der Waals surface area contributed by atoms with Crippen LogP contribution in [0.15, 0.2) is 42.5 Å². The lowest BCUT2D eigenvalue weighted by Crippen LogP contribution is -2.36. The van der Waals surface area contributed by atoms with E-state index in [0.29, 0.717) is 26.3 Å². The van der Waals surface area contributed by atoms with E-state index in [4.69, 9.17) is 9.47 Å². The fourth-order valence-corrected chi connectivity index (χ4v) is 3.68. The number of fused-ring (bicyclic) bond motifs is 2. The molecule has 2 amide bonds. The van der Waals surface area contributed by atoms with Crippen LogP contribution in [0.25, 0.3) is 10.2 Å². The summed E-state index contributed by atoms with van der Waals surface area (Å²) in [6, 6.07) is 13.6. The Hall–Kier alpha value is -2.80. The molecular formula is C19H19N3O3S. The number of rotatable bonds is 5. The molecule has 134 valence electrons. The second-order valence-corrected chi connectivity index (χ2v) is 7.03. The normalized spacial score (nSPS) is 12.8. The number of benzene rings is 2. The zero-order chi connectivity index (χ0) is 17.8. The molecule has 0 atom stereocenters. The van der Waals surface area contributed by atoms with Gasteiger partial charge in [-0.1, -0.05) is 18.2 Å². The van der Waals surface area contributed by atoms with Gasteiger partial charge >= 0.3 is 6.03 Å². The minimum Gasteiger partial charge on any atom is -0.486 e. The van der Waals surface area contributed by atoms with Gasteiger partial charge in [-0.3, -0.25) is 0 Å². The van der Waals surface area contributed by atoms with Crippen molar-refractivity contribution in [1.82, 2.24) is 15.6 Å². The summed E-state index contributed by atoms with van der Waals surface area (Å²) in [6.07, 6.45) is 0.727. The first kappa shape index (κ1) is 16.7. The Kier molecular flexibility index (Phi) is 4.88. The van der Waals surface area contributed by atoms with Gasteiger partial charge in [0.1, 0.15) is 18.2 Å². The van der Waals surface area contributed by atoms with Gasteiger partial charge in [-0.15, -0.1) is 11.3 Å². The lowest BCUT2D eigenvalue weighted by Gasteiger charge is -2.18. The molecule has 0 bridgehead atoms. The van der Waals surface area contributed by atoms with E-state index in [9.17, 15) is 4.79 Å². The van der Waals surface area contributed by atoms with Crippen molar-refractivity contribution in [2.75, 3.05) is 19.8 Å². The van der Waals surface area contributed by atoms with E-state index in [1.54, 1.807) is 11.3 Å². The molecule has 0 aliphatic carbocycles. The highest BCUT2D eigenvalue weighted by molar-refractivity contribution is 7.18. The van der Waals surface area contributed by atoms with E-state index in [1.165, 1.54) is 0 Å². The van der Waals surface area contributed by atoms with E-state index < -0.39 is 0 Å². The molecule has 1 aliphatic rings. The molecule has 0 spiro atoms. The summed E-state index contributed by atoms with van der Waals surface area (Å²) >= 11 is 1.59. The Balaban J connectivity index is 1.24. The van der Waals surface area contributed by atoms with E-state index in [0.717, 1.165) is 38.7 Å². The summed E-state index contributed by atoms with van der Waals surface area (Å²) in [5, 5.41) is 6.62. The van der Waals surface area contributed by atoms with E-state index >= 15 is 0 Å². The molecule has 1 aliphatic heterocycles. The van der Waals surface area contributed by atoms with Crippen LogP contribution in [0.4, 0.5) is 4.79 Å². The Labute approximate surface area is 155 Å². The molecule has 0 saturated heterocycles. The summed E-state index contributed by atoms with van der Waals surface area (Å²) in [5.41, 5.74) is 2.06. The van der Waals surface area contributed by atoms with Crippen molar-refractivity contribution in [3.8, 4) is 11.5 Å². The average Bonchev–Trinajstić information content (AvgIpc) is 3.09. The van der Waals surface area contributed by atoms with Crippen molar-refractivity contribution in [2.45, 2.75) is 13.0 Å². The summed E-state index contributed by atoms with van der Waals surface area (Å²) in [7, 11) is 0. The van der Waals surface area contributed by atoms with Crippen LogP contribution in [0.5, 0.6) is 11.5 Å². The summed E-state index contributed by atoms with van der Waals surface area (Å²) in [4.78, 5) is 16.5. The van der Waals surface area contributed by atoms with Crippen molar-refractivity contribution in [2.24, 2.45) is 0 Å². The lowest BCUT2D eigenvalue weighted by atomic mass is 10.1. The van der Waals surface area contributed by atoms with Crippen molar-refractivity contribution in [3.63, 3.8) is 0 Å². The third kappa shape index (κ3) is 3.88. The standard InChI is InChI=1S/C19H19N3O3S/c23-19(21-12-18-22-14-3-1-2-4-17(14)26-18)20-8-7-13-5-6-15-16(11-13)25-10-9-24-15/h1-6,11H,7-10,12H2,(H2,20,21,23).